The third kappa shape index (κ3) is 3.74. The number of ether oxygens (including phenoxy) is 2. The second-order valence-electron chi connectivity index (χ2n) is 6.30. The Labute approximate surface area is 154 Å². The van der Waals surface area contributed by atoms with Crippen molar-refractivity contribution >= 4 is 18.2 Å². The number of allylic oxidation sites excluding steroid dienone is 2. The van der Waals surface area contributed by atoms with Crippen molar-refractivity contribution in [2.75, 3.05) is 13.7 Å². The topological polar surface area (TPSA) is 98.0 Å². The van der Waals surface area contributed by atoms with Gasteiger partial charge >= 0.3 is 12.6 Å². The maximum absolute atomic E-state index is 12.8. The van der Waals surface area contributed by atoms with E-state index in [1.165, 1.54) is 23.9 Å². The third-order valence-electron chi connectivity index (χ3n) is 4.25. The summed E-state index contributed by atoms with van der Waals surface area (Å²) in [7, 11) is 1.42. The third-order valence-corrected chi connectivity index (χ3v) is 5.73. The van der Waals surface area contributed by atoms with E-state index < -0.39 is 42.7 Å². The van der Waals surface area contributed by atoms with Gasteiger partial charge in [0.15, 0.2) is 6.23 Å². The molecule has 3 rings (SSSR count). The molecule has 2 aliphatic heterocycles. The van der Waals surface area contributed by atoms with E-state index in [1.807, 2.05) is 13.8 Å². The zero-order chi connectivity index (χ0) is 19.1. The monoisotopic (exact) mass is 406 g/mol. The largest absolute Gasteiger partial charge is 0.424 e. The average molecular weight is 407 g/mol. The Morgan fingerprint density at radius 2 is 2.19 bits per heavy atom. The van der Waals surface area contributed by atoms with Crippen LogP contribution in [0.4, 0.5) is 0 Å². The molecule has 0 N–H and O–H groups in total. The van der Waals surface area contributed by atoms with Crippen molar-refractivity contribution in [2.45, 2.75) is 44.9 Å². The second kappa shape index (κ2) is 7.42. The first-order valence-electron chi connectivity index (χ1n) is 8.00. The minimum absolute atomic E-state index is 0.0477. The van der Waals surface area contributed by atoms with Crippen molar-refractivity contribution in [3.63, 3.8) is 0 Å². The Morgan fingerprint density at radius 3 is 2.85 bits per heavy atom. The Kier molecular flexibility index (Phi) is 5.58. The molecule has 1 aromatic heterocycles. The molecule has 0 saturated carbocycles. The summed E-state index contributed by atoms with van der Waals surface area (Å²) in [4.78, 5) is 24.8. The maximum Gasteiger partial charge on any atom is 0.424 e. The molecule has 1 aromatic rings. The molecule has 0 aromatic carbocycles. The summed E-state index contributed by atoms with van der Waals surface area (Å²) in [6.45, 7) is 0.135. The zero-order valence-corrected chi connectivity index (χ0v) is 16.2. The van der Waals surface area contributed by atoms with Gasteiger partial charge in [-0.15, -0.1) is 0 Å². The summed E-state index contributed by atoms with van der Waals surface area (Å²) in [5.41, 5.74) is 0.0154. The molecular formula is C15H20ClN2O7P. The first-order valence-corrected chi connectivity index (χ1v) is 10.4. The van der Waals surface area contributed by atoms with Crippen LogP contribution in [0.25, 0.3) is 0 Å². The van der Waals surface area contributed by atoms with Crippen molar-refractivity contribution in [1.82, 2.24) is 9.13 Å². The Hall–Kier alpha value is -1.22. The van der Waals surface area contributed by atoms with Gasteiger partial charge in [0.05, 0.1) is 6.61 Å². The van der Waals surface area contributed by atoms with E-state index in [0.29, 0.717) is 0 Å². The van der Waals surface area contributed by atoms with Crippen molar-refractivity contribution < 1.29 is 23.1 Å². The standard InChI is InChI=1S/C15H20ClN2O7P/c1-9(2)4-6-17-11(19)5-7-18(15(17)20)14-13(22-3)12-10(24-14)8-23-26(16,21)25-12/h4-5,7,10,12-14H,6,8H2,1-3H3/t10-,12-,13-,14-,26-/m1/s1. The van der Waals surface area contributed by atoms with Crippen LogP contribution in [0.5, 0.6) is 0 Å². The minimum Gasteiger partial charge on any atom is -0.374 e. The first-order chi connectivity index (χ1) is 12.2. The van der Waals surface area contributed by atoms with Gasteiger partial charge in [0.2, 0.25) is 0 Å². The van der Waals surface area contributed by atoms with E-state index in [-0.39, 0.29) is 13.2 Å². The number of halogens is 1. The van der Waals surface area contributed by atoms with E-state index >= 15 is 0 Å². The highest BCUT2D eigenvalue weighted by molar-refractivity contribution is 7.81. The molecule has 0 spiro atoms. The molecular weight excluding hydrogens is 387 g/mol. The van der Waals surface area contributed by atoms with Crippen molar-refractivity contribution in [3.8, 4) is 0 Å². The van der Waals surface area contributed by atoms with Gasteiger partial charge in [-0.05, 0) is 13.8 Å². The average Bonchev–Trinajstić information content (AvgIpc) is 2.90. The van der Waals surface area contributed by atoms with E-state index in [2.05, 4.69) is 0 Å². The SMILES string of the molecule is CO[C@@H]1[C@@H]2O[P@@](=O)(Cl)OC[C@H]2O[C@H]1n1ccc(=O)n(CC=C(C)C)c1=O. The normalized spacial score (nSPS) is 33.7. The molecule has 11 heteroatoms. The number of fused-ring (bicyclic) bond motifs is 1. The summed E-state index contributed by atoms with van der Waals surface area (Å²) >= 11 is 5.68. The highest BCUT2D eigenvalue weighted by atomic mass is 35.7. The predicted octanol–water partition coefficient (Wildman–Crippen LogP) is 1.65. The molecule has 0 aliphatic carbocycles. The maximum atomic E-state index is 12.8. The van der Waals surface area contributed by atoms with Crippen LogP contribution in [0, 0.1) is 0 Å². The fraction of sp³-hybridized carbons (Fsp3) is 0.600. The molecule has 2 aliphatic rings. The summed E-state index contributed by atoms with van der Waals surface area (Å²) in [6.07, 6.45) is 0.140. The molecule has 0 unspecified atom stereocenters. The quantitative estimate of drug-likeness (QED) is 0.554. The van der Waals surface area contributed by atoms with Crippen LogP contribution in [0.3, 0.4) is 0 Å². The van der Waals surface area contributed by atoms with Crippen LogP contribution in [0.2, 0.25) is 0 Å². The molecule has 2 fully saturated rings. The lowest BCUT2D eigenvalue weighted by atomic mass is 10.1. The molecule has 5 atom stereocenters. The van der Waals surface area contributed by atoms with Gasteiger partial charge in [-0.1, -0.05) is 11.6 Å². The van der Waals surface area contributed by atoms with E-state index in [4.69, 9.17) is 29.8 Å². The summed E-state index contributed by atoms with van der Waals surface area (Å²) in [5, 5.41) is 0. The van der Waals surface area contributed by atoms with Crippen molar-refractivity contribution in [2.24, 2.45) is 0 Å². The second-order valence-corrected chi connectivity index (χ2v) is 8.87. The van der Waals surface area contributed by atoms with Crippen LogP contribution >= 0.6 is 18.2 Å². The molecule has 3 heterocycles. The summed E-state index contributed by atoms with van der Waals surface area (Å²) < 4.78 is 35.7. The van der Waals surface area contributed by atoms with Crippen LogP contribution in [0.1, 0.15) is 20.1 Å². The number of methoxy groups -OCH3 is 1. The van der Waals surface area contributed by atoms with E-state index in [1.54, 1.807) is 6.08 Å². The first kappa shape index (κ1) is 19.5. The number of hydrogen-bond acceptors (Lipinski definition) is 7. The van der Waals surface area contributed by atoms with E-state index in [9.17, 15) is 14.2 Å². The fourth-order valence-corrected chi connectivity index (χ4v) is 4.33. The lowest BCUT2D eigenvalue weighted by Gasteiger charge is -2.29. The molecule has 9 nitrogen and oxygen atoms in total. The summed E-state index contributed by atoms with van der Waals surface area (Å²) in [5.74, 6) is 0. The predicted molar refractivity (Wildman–Crippen MR) is 93.4 cm³/mol. The molecule has 0 amide bonds. The van der Waals surface area contributed by atoms with Gasteiger partial charge < -0.3 is 9.47 Å². The Bertz CT molecular complexity index is 875. The van der Waals surface area contributed by atoms with Gasteiger partial charge in [-0.3, -0.25) is 23.0 Å². The molecule has 0 bridgehead atoms. The van der Waals surface area contributed by atoms with Crippen molar-refractivity contribution in [1.29, 1.82) is 0 Å². The minimum atomic E-state index is -3.71. The summed E-state index contributed by atoms with van der Waals surface area (Å²) in [6, 6.07) is 1.28. The Balaban J connectivity index is 1.97. The molecule has 26 heavy (non-hydrogen) atoms. The van der Waals surface area contributed by atoms with Crippen LogP contribution < -0.4 is 11.2 Å². The van der Waals surface area contributed by atoms with Gasteiger partial charge in [0.1, 0.15) is 18.3 Å². The Morgan fingerprint density at radius 1 is 1.46 bits per heavy atom. The van der Waals surface area contributed by atoms with Gasteiger partial charge in [-0.25, -0.2) is 9.36 Å². The highest BCUT2D eigenvalue weighted by Gasteiger charge is 2.53. The number of rotatable bonds is 4. The van der Waals surface area contributed by atoms with E-state index in [0.717, 1.165) is 10.1 Å². The number of hydrogen-bond donors (Lipinski definition) is 0. The smallest absolute Gasteiger partial charge is 0.374 e. The van der Waals surface area contributed by atoms with Gasteiger partial charge in [0, 0.05) is 37.2 Å². The zero-order valence-electron chi connectivity index (χ0n) is 14.5. The molecule has 2 saturated heterocycles. The van der Waals surface area contributed by atoms with Gasteiger partial charge in [-0.2, -0.15) is 0 Å². The number of nitrogens with zero attached hydrogens (tertiary/aromatic N) is 2. The highest BCUT2D eigenvalue weighted by Crippen LogP contribution is 2.59. The lowest BCUT2D eigenvalue weighted by Crippen LogP contribution is -2.44. The number of aromatic nitrogens is 2. The van der Waals surface area contributed by atoms with Crippen LogP contribution in [0.15, 0.2) is 33.5 Å². The molecule has 0 radical (unpaired) electrons. The lowest BCUT2D eigenvalue weighted by molar-refractivity contribution is -0.0632. The van der Waals surface area contributed by atoms with Crippen LogP contribution in [-0.4, -0.2) is 41.2 Å². The fourth-order valence-electron chi connectivity index (χ4n) is 2.95. The van der Waals surface area contributed by atoms with Gasteiger partial charge in [0.25, 0.3) is 5.56 Å². The van der Waals surface area contributed by atoms with Crippen LogP contribution in [-0.2, 0) is 29.6 Å². The molecule has 144 valence electrons. The van der Waals surface area contributed by atoms with Crippen molar-refractivity contribution in [3.05, 3.63) is 44.8 Å².